The van der Waals surface area contributed by atoms with Crippen LogP contribution in [0.3, 0.4) is 0 Å². The largest absolute Gasteiger partial charge is 0.398 e. The predicted octanol–water partition coefficient (Wildman–Crippen LogP) is 2.51. The minimum absolute atomic E-state index is 0.116. The van der Waals surface area contributed by atoms with Gasteiger partial charge in [0.15, 0.2) is 0 Å². The average Bonchev–Trinajstić information content (AvgIpc) is 2.54. The van der Waals surface area contributed by atoms with E-state index >= 15 is 0 Å². The Bertz CT molecular complexity index is 807. The Labute approximate surface area is 131 Å². The number of nitro groups is 1. The first-order valence-corrected chi connectivity index (χ1v) is 7.06. The Morgan fingerprint density at radius 2 is 2.00 bits per heavy atom. The van der Waals surface area contributed by atoms with E-state index in [9.17, 15) is 19.3 Å². The lowest BCUT2D eigenvalue weighted by Crippen LogP contribution is -2.36. The zero-order valence-corrected chi connectivity index (χ0v) is 12.2. The molecule has 1 amide bonds. The van der Waals surface area contributed by atoms with Crippen LogP contribution in [0.5, 0.6) is 0 Å². The Hall–Kier alpha value is -2.96. The molecule has 0 radical (unpaired) electrons. The summed E-state index contributed by atoms with van der Waals surface area (Å²) in [5, 5.41) is 10.9. The van der Waals surface area contributed by atoms with Crippen LogP contribution in [0.4, 0.5) is 15.8 Å². The van der Waals surface area contributed by atoms with Gasteiger partial charge in [-0.05, 0) is 35.7 Å². The summed E-state index contributed by atoms with van der Waals surface area (Å²) in [6.07, 6.45) is 0.535. The molecule has 0 aromatic heterocycles. The number of non-ortho nitro benzene ring substituents is 1. The Morgan fingerprint density at radius 3 is 2.74 bits per heavy atom. The molecule has 0 atom stereocenters. The van der Waals surface area contributed by atoms with Crippen LogP contribution >= 0.6 is 0 Å². The summed E-state index contributed by atoms with van der Waals surface area (Å²) >= 11 is 0. The summed E-state index contributed by atoms with van der Waals surface area (Å²) in [6, 6.07) is 8.30. The van der Waals surface area contributed by atoms with Gasteiger partial charge in [-0.2, -0.15) is 0 Å². The number of carbonyl (C=O) groups is 1. The second kappa shape index (κ2) is 5.68. The fourth-order valence-electron chi connectivity index (χ4n) is 2.71. The molecule has 7 heteroatoms. The summed E-state index contributed by atoms with van der Waals surface area (Å²) < 4.78 is 13.2. The van der Waals surface area contributed by atoms with Gasteiger partial charge >= 0.3 is 0 Å². The van der Waals surface area contributed by atoms with Crippen LogP contribution in [-0.2, 0) is 13.0 Å². The minimum atomic E-state index is -0.565. The van der Waals surface area contributed by atoms with Crippen molar-refractivity contribution in [3.63, 3.8) is 0 Å². The van der Waals surface area contributed by atoms with E-state index in [1.165, 1.54) is 30.3 Å². The first kappa shape index (κ1) is 15.0. The number of hydrogen-bond acceptors (Lipinski definition) is 4. The number of nitrogens with zero attached hydrogens (tertiary/aromatic N) is 2. The van der Waals surface area contributed by atoms with Crippen LogP contribution < -0.4 is 5.73 Å². The molecule has 2 aromatic carbocycles. The standard InChI is InChI=1S/C16H14FN3O3/c17-12-2-1-11-9-19(6-5-10(11)7-12)16(21)14-8-13(20(22)23)3-4-15(14)18/h1-4,7-8H,5-6,9,18H2. The van der Waals surface area contributed by atoms with Crippen LogP contribution in [0.1, 0.15) is 21.5 Å². The van der Waals surface area contributed by atoms with Gasteiger partial charge in [-0.3, -0.25) is 14.9 Å². The molecule has 0 saturated carbocycles. The fraction of sp³-hybridized carbons (Fsp3) is 0.188. The molecule has 0 bridgehead atoms. The predicted molar refractivity (Wildman–Crippen MR) is 82.4 cm³/mol. The number of carbonyl (C=O) groups excluding carboxylic acids is 1. The van der Waals surface area contributed by atoms with Gasteiger partial charge < -0.3 is 10.6 Å². The van der Waals surface area contributed by atoms with Gasteiger partial charge in [0.05, 0.1) is 10.5 Å². The van der Waals surface area contributed by atoms with E-state index in [0.29, 0.717) is 19.5 Å². The summed E-state index contributed by atoms with van der Waals surface area (Å²) in [4.78, 5) is 24.5. The third-order valence-corrected chi connectivity index (χ3v) is 3.95. The summed E-state index contributed by atoms with van der Waals surface area (Å²) in [7, 11) is 0. The van der Waals surface area contributed by atoms with E-state index in [1.807, 2.05) is 0 Å². The summed E-state index contributed by atoms with van der Waals surface area (Å²) in [5.41, 5.74) is 7.67. The smallest absolute Gasteiger partial charge is 0.270 e. The molecule has 1 aliphatic rings. The Kier molecular flexibility index (Phi) is 3.69. The molecule has 6 nitrogen and oxygen atoms in total. The van der Waals surface area contributed by atoms with Crippen molar-refractivity contribution in [2.24, 2.45) is 0 Å². The van der Waals surface area contributed by atoms with Crippen LogP contribution in [0.2, 0.25) is 0 Å². The van der Waals surface area contributed by atoms with Crippen molar-refractivity contribution in [3.05, 3.63) is 69.0 Å². The van der Waals surface area contributed by atoms with Gasteiger partial charge in [-0.25, -0.2) is 4.39 Å². The van der Waals surface area contributed by atoms with E-state index in [4.69, 9.17) is 5.73 Å². The maximum absolute atomic E-state index is 13.2. The van der Waals surface area contributed by atoms with Crippen molar-refractivity contribution < 1.29 is 14.1 Å². The SMILES string of the molecule is Nc1ccc([N+](=O)[O-])cc1C(=O)N1CCc2cc(F)ccc2C1. The molecule has 118 valence electrons. The van der Waals surface area contributed by atoms with Gasteiger partial charge in [0.2, 0.25) is 0 Å². The number of hydrogen-bond donors (Lipinski definition) is 1. The molecule has 0 unspecified atom stereocenters. The van der Waals surface area contributed by atoms with Crippen LogP contribution in [0.15, 0.2) is 36.4 Å². The lowest BCUT2D eigenvalue weighted by Gasteiger charge is -2.29. The van der Waals surface area contributed by atoms with E-state index in [1.54, 1.807) is 11.0 Å². The number of amides is 1. The number of nitro benzene ring substituents is 1. The maximum atomic E-state index is 13.2. The quantitative estimate of drug-likeness (QED) is 0.524. The third kappa shape index (κ3) is 2.85. The average molecular weight is 315 g/mol. The van der Waals surface area contributed by atoms with Crippen LogP contribution in [0.25, 0.3) is 0 Å². The second-order valence-corrected chi connectivity index (χ2v) is 5.42. The summed E-state index contributed by atoms with van der Waals surface area (Å²) in [5.74, 6) is -0.660. The number of nitrogens with two attached hydrogens (primary N) is 1. The monoisotopic (exact) mass is 315 g/mol. The zero-order valence-electron chi connectivity index (χ0n) is 12.2. The third-order valence-electron chi connectivity index (χ3n) is 3.95. The molecule has 1 aliphatic heterocycles. The van der Waals surface area contributed by atoms with Crippen LogP contribution in [-0.4, -0.2) is 22.3 Å². The molecule has 3 rings (SSSR count). The lowest BCUT2D eigenvalue weighted by atomic mass is 9.98. The number of rotatable bonds is 2. The van der Waals surface area contributed by atoms with E-state index < -0.39 is 4.92 Å². The minimum Gasteiger partial charge on any atom is -0.398 e. The van der Waals surface area contributed by atoms with E-state index in [2.05, 4.69) is 0 Å². The van der Waals surface area contributed by atoms with Crippen molar-refractivity contribution in [2.75, 3.05) is 12.3 Å². The second-order valence-electron chi connectivity index (χ2n) is 5.42. The number of fused-ring (bicyclic) bond motifs is 1. The first-order valence-electron chi connectivity index (χ1n) is 7.06. The highest BCUT2D eigenvalue weighted by Crippen LogP contribution is 2.25. The number of benzene rings is 2. The molecular formula is C16H14FN3O3. The highest BCUT2D eigenvalue weighted by Gasteiger charge is 2.24. The van der Waals surface area contributed by atoms with Crippen molar-refractivity contribution in [1.82, 2.24) is 4.90 Å². The summed E-state index contributed by atoms with van der Waals surface area (Å²) in [6.45, 7) is 0.744. The van der Waals surface area contributed by atoms with Crippen molar-refractivity contribution >= 4 is 17.3 Å². The molecule has 0 aliphatic carbocycles. The van der Waals surface area contributed by atoms with Crippen molar-refractivity contribution in [1.29, 1.82) is 0 Å². The van der Waals surface area contributed by atoms with Crippen molar-refractivity contribution in [2.45, 2.75) is 13.0 Å². The Balaban J connectivity index is 1.88. The zero-order chi connectivity index (χ0) is 16.6. The fourth-order valence-corrected chi connectivity index (χ4v) is 2.71. The molecule has 2 aromatic rings. The normalized spacial score (nSPS) is 13.5. The molecular weight excluding hydrogens is 301 g/mol. The van der Waals surface area contributed by atoms with Gasteiger partial charge in [-0.1, -0.05) is 6.07 Å². The highest BCUT2D eigenvalue weighted by atomic mass is 19.1. The highest BCUT2D eigenvalue weighted by molar-refractivity contribution is 5.99. The number of anilines is 1. The van der Waals surface area contributed by atoms with E-state index in [0.717, 1.165) is 11.1 Å². The topological polar surface area (TPSA) is 89.5 Å². The number of halogens is 1. The molecule has 1 heterocycles. The van der Waals surface area contributed by atoms with Gasteiger partial charge in [0, 0.05) is 30.9 Å². The van der Waals surface area contributed by atoms with Crippen molar-refractivity contribution in [3.8, 4) is 0 Å². The van der Waals surface area contributed by atoms with Gasteiger partial charge in [0.1, 0.15) is 5.82 Å². The molecule has 0 saturated heterocycles. The number of nitrogen functional groups attached to an aromatic ring is 1. The van der Waals surface area contributed by atoms with Crippen LogP contribution in [0, 0.1) is 15.9 Å². The van der Waals surface area contributed by atoms with Gasteiger partial charge in [-0.15, -0.1) is 0 Å². The molecule has 23 heavy (non-hydrogen) atoms. The Morgan fingerprint density at radius 1 is 1.22 bits per heavy atom. The molecule has 0 spiro atoms. The molecule has 0 fully saturated rings. The first-order chi connectivity index (χ1) is 11.0. The van der Waals surface area contributed by atoms with E-state index in [-0.39, 0.29) is 28.7 Å². The lowest BCUT2D eigenvalue weighted by molar-refractivity contribution is -0.384. The molecule has 2 N–H and O–H groups in total. The maximum Gasteiger partial charge on any atom is 0.270 e. The van der Waals surface area contributed by atoms with Gasteiger partial charge in [0.25, 0.3) is 11.6 Å².